The van der Waals surface area contributed by atoms with Crippen LogP contribution in [0.4, 0.5) is 0 Å². The number of rotatable bonds is 4. The molecule has 2 nitrogen and oxygen atoms in total. The highest BCUT2D eigenvalue weighted by Crippen LogP contribution is 2.16. The first-order chi connectivity index (χ1) is 8.65. The van der Waals surface area contributed by atoms with Gasteiger partial charge in [0.05, 0.1) is 8.45 Å². The van der Waals surface area contributed by atoms with Crippen LogP contribution in [-0.4, -0.2) is 11.9 Å². The molecule has 0 saturated carbocycles. The van der Waals surface area contributed by atoms with Gasteiger partial charge in [0, 0.05) is 11.4 Å². The van der Waals surface area contributed by atoms with Crippen molar-refractivity contribution in [3.63, 3.8) is 0 Å². The van der Waals surface area contributed by atoms with Crippen molar-refractivity contribution >= 4 is 39.8 Å². The van der Waals surface area contributed by atoms with E-state index in [1.807, 2.05) is 36.6 Å². The zero-order valence-electron chi connectivity index (χ0n) is 10.0. The number of halogens is 1. The predicted octanol–water partition coefficient (Wildman–Crippen LogP) is 3.71. The molecule has 4 heteroatoms. The molecule has 0 radical (unpaired) electrons. The molecular formula is C14H14INOS. The molecule has 0 fully saturated rings. The van der Waals surface area contributed by atoms with Crippen molar-refractivity contribution in [1.82, 2.24) is 5.32 Å². The number of nitrogens with one attached hydrogen (secondary N) is 1. The van der Waals surface area contributed by atoms with Crippen molar-refractivity contribution in [2.75, 3.05) is 0 Å². The summed E-state index contributed by atoms with van der Waals surface area (Å²) in [6, 6.07) is 12.2. The van der Waals surface area contributed by atoms with Gasteiger partial charge in [-0.25, -0.2) is 0 Å². The molecule has 18 heavy (non-hydrogen) atoms. The average Bonchev–Trinajstić information content (AvgIpc) is 2.77. The van der Waals surface area contributed by atoms with E-state index in [4.69, 9.17) is 0 Å². The molecule has 1 aromatic heterocycles. The molecule has 2 rings (SSSR count). The van der Waals surface area contributed by atoms with Crippen LogP contribution in [-0.2, 0) is 6.42 Å². The van der Waals surface area contributed by atoms with Gasteiger partial charge in [0.25, 0.3) is 5.91 Å². The molecule has 1 unspecified atom stereocenters. The van der Waals surface area contributed by atoms with Crippen molar-refractivity contribution in [1.29, 1.82) is 0 Å². The number of hydrogen-bond acceptors (Lipinski definition) is 2. The van der Waals surface area contributed by atoms with E-state index in [2.05, 4.69) is 40.0 Å². The lowest BCUT2D eigenvalue weighted by molar-refractivity contribution is 0.0940. The van der Waals surface area contributed by atoms with E-state index in [-0.39, 0.29) is 11.9 Å². The Labute approximate surface area is 125 Å². The van der Waals surface area contributed by atoms with Crippen LogP contribution >= 0.6 is 33.9 Å². The number of amides is 1. The number of carbonyl (C=O) groups excluding carboxylic acids is 1. The van der Waals surface area contributed by atoms with Gasteiger partial charge in [0.1, 0.15) is 0 Å². The normalized spacial score (nSPS) is 12.1. The number of carbonyl (C=O) groups is 1. The zero-order valence-corrected chi connectivity index (χ0v) is 13.0. The van der Waals surface area contributed by atoms with E-state index >= 15 is 0 Å². The summed E-state index contributed by atoms with van der Waals surface area (Å²) in [6.45, 7) is 2.03. The van der Waals surface area contributed by atoms with Crippen LogP contribution in [0.2, 0.25) is 0 Å². The molecular weight excluding hydrogens is 357 g/mol. The van der Waals surface area contributed by atoms with Crippen LogP contribution in [0.25, 0.3) is 0 Å². The molecule has 0 bridgehead atoms. The Morgan fingerprint density at radius 3 is 2.72 bits per heavy atom. The summed E-state index contributed by atoms with van der Waals surface area (Å²) in [7, 11) is 0. The fourth-order valence-corrected chi connectivity index (χ4v) is 3.08. The maximum atomic E-state index is 12.0. The molecule has 1 N–H and O–H groups in total. The monoisotopic (exact) mass is 371 g/mol. The van der Waals surface area contributed by atoms with Crippen LogP contribution in [0.1, 0.15) is 22.8 Å². The Bertz CT molecular complexity index is 524. The molecule has 94 valence electrons. The van der Waals surface area contributed by atoms with E-state index in [1.165, 1.54) is 5.56 Å². The Morgan fingerprint density at radius 2 is 2.11 bits per heavy atom. The van der Waals surface area contributed by atoms with E-state index in [0.29, 0.717) is 0 Å². The summed E-state index contributed by atoms with van der Waals surface area (Å²) >= 11 is 3.81. The zero-order chi connectivity index (χ0) is 13.0. The first-order valence-electron chi connectivity index (χ1n) is 5.74. The van der Waals surface area contributed by atoms with Crippen LogP contribution in [0.5, 0.6) is 0 Å². The van der Waals surface area contributed by atoms with Crippen LogP contribution in [0, 0.1) is 2.88 Å². The van der Waals surface area contributed by atoms with Crippen molar-refractivity contribution in [3.05, 3.63) is 55.8 Å². The summed E-state index contributed by atoms with van der Waals surface area (Å²) in [5.41, 5.74) is 1.99. The molecule has 2 aromatic rings. The van der Waals surface area contributed by atoms with Crippen LogP contribution in [0.3, 0.4) is 0 Å². The van der Waals surface area contributed by atoms with Crippen molar-refractivity contribution in [2.45, 2.75) is 19.4 Å². The maximum absolute atomic E-state index is 12.0. The van der Waals surface area contributed by atoms with Gasteiger partial charge in [0.15, 0.2) is 0 Å². The van der Waals surface area contributed by atoms with E-state index in [1.54, 1.807) is 11.3 Å². The Kier molecular flexibility index (Phi) is 4.77. The lowest BCUT2D eigenvalue weighted by atomic mass is 10.1. The smallest absolute Gasteiger partial charge is 0.252 e. The molecule has 1 amide bonds. The topological polar surface area (TPSA) is 29.1 Å². The van der Waals surface area contributed by atoms with E-state index < -0.39 is 0 Å². The minimum absolute atomic E-state index is 0.0117. The number of hydrogen-bond donors (Lipinski definition) is 1. The third-order valence-electron chi connectivity index (χ3n) is 2.59. The maximum Gasteiger partial charge on any atom is 0.252 e. The van der Waals surface area contributed by atoms with E-state index in [9.17, 15) is 4.79 Å². The lowest BCUT2D eigenvalue weighted by Gasteiger charge is -2.13. The van der Waals surface area contributed by atoms with Gasteiger partial charge >= 0.3 is 0 Å². The Balaban J connectivity index is 1.92. The van der Waals surface area contributed by atoms with Crippen molar-refractivity contribution < 1.29 is 4.79 Å². The Hall–Kier alpha value is -0.880. The number of thiophene rings is 1. The molecule has 1 aromatic carbocycles. The molecule has 1 atom stereocenters. The highest BCUT2D eigenvalue weighted by atomic mass is 127. The largest absolute Gasteiger partial charge is 0.349 e. The second-order valence-electron chi connectivity index (χ2n) is 4.20. The summed E-state index contributed by atoms with van der Waals surface area (Å²) in [5.74, 6) is 0.0117. The van der Waals surface area contributed by atoms with Gasteiger partial charge < -0.3 is 5.32 Å². The number of benzene rings is 1. The highest BCUT2D eigenvalue weighted by Gasteiger charge is 2.11. The molecule has 0 aliphatic rings. The van der Waals surface area contributed by atoms with E-state index in [0.717, 1.165) is 14.9 Å². The van der Waals surface area contributed by atoms with Crippen molar-refractivity contribution in [3.8, 4) is 0 Å². The van der Waals surface area contributed by atoms with Crippen LogP contribution in [0.15, 0.2) is 41.8 Å². The minimum atomic E-state index is 0.0117. The standard InChI is InChI=1S/C14H14INOS/c1-10(7-11-5-3-2-4-6-11)16-14(17)12-8-13(15)18-9-12/h2-6,8-10H,7H2,1H3,(H,16,17). The fourth-order valence-electron chi connectivity index (χ4n) is 1.75. The quantitative estimate of drug-likeness (QED) is 0.816. The summed E-state index contributed by atoms with van der Waals surface area (Å²) < 4.78 is 1.13. The van der Waals surface area contributed by atoms with Gasteiger partial charge in [-0.3, -0.25) is 4.79 Å². The summed E-state index contributed by atoms with van der Waals surface area (Å²) in [5, 5.41) is 4.92. The SMILES string of the molecule is CC(Cc1ccccc1)NC(=O)c1csc(I)c1. The molecule has 0 spiro atoms. The summed E-state index contributed by atoms with van der Waals surface area (Å²) in [6.07, 6.45) is 0.855. The first kappa shape index (κ1) is 13.5. The summed E-state index contributed by atoms with van der Waals surface area (Å²) in [4.78, 5) is 12.0. The first-order valence-corrected chi connectivity index (χ1v) is 7.70. The fraction of sp³-hybridized carbons (Fsp3) is 0.214. The van der Waals surface area contributed by atoms with Gasteiger partial charge in [-0.1, -0.05) is 30.3 Å². The van der Waals surface area contributed by atoms with Crippen LogP contribution < -0.4 is 5.32 Å². The molecule has 1 heterocycles. The minimum Gasteiger partial charge on any atom is -0.349 e. The van der Waals surface area contributed by atoms with Gasteiger partial charge in [0.2, 0.25) is 0 Å². The lowest BCUT2D eigenvalue weighted by Crippen LogP contribution is -2.33. The predicted molar refractivity (Wildman–Crippen MR) is 84.1 cm³/mol. The molecule has 0 aliphatic heterocycles. The average molecular weight is 371 g/mol. The molecule has 0 aliphatic carbocycles. The second-order valence-corrected chi connectivity index (χ2v) is 7.01. The van der Waals surface area contributed by atoms with Gasteiger partial charge in [-0.2, -0.15) is 0 Å². The molecule has 0 saturated heterocycles. The Morgan fingerprint density at radius 1 is 1.39 bits per heavy atom. The second kappa shape index (κ2) is 6.33. The third-order valence-corrected chi connectivity index (χ3v) is 4.38. The van der Waals surface area contributed by atoms with Gasteiger partial charge in [-0.15, -0.1) is 11.3 Å². The highest BCUT2D eigenvalue weighted by molar-refractivity contribution is 14.1. The van der Waals surface area contributed by atoms with Crippen molar-refractivity contribution in [2.24, 2.45) is 0 Å². The van der Waals surface area contributed by atoms with Gasteiger partial charge in [-0.05, 0) is 47.6 Å². The third kappa shape index (κ3) is 3.81.